The van der Waals surface area contributed by atoms with Gasteiger partial charge in [0, 0.05) is 18.5 Å². The largest absolute Gasteiger partial charge is 0.481 e. The van der Waals surface area contributed by atoms with Crippen molar-refractivity contribution in [2.45, 2.75) is 13.5 Å². The molecule has 6 nitrogen and oxygen atoms in total. The maximum absolute atomic E-state index is 5.09. The van der Waals surface area contributed by atoms with Gasteiger partial charge in [0.25, 0.3) is 0 Å². The zero-order valence-corrected chi connectivity index (χ0v) is 12.3. The second kappa shape index (κ2) is 5.40. The van der Waals surface area contributed by atoms with Crippen LogP contribution in [-0.4, -0.2) is 26.9 Å². The smallest absolute Gasteiger partial charge is 0.218 e. The van der Waals surface area contributed by atoms with Gasteiger partial charge in [-0.15, -0.1) is 0 Å². The molecule has 0 aliphatic heterocycles. The number of nitrogens with zero attached hydrogens (tertiary/aromatic N) is 4. The lowest BCUT2D eigenvalue weighted by Crippen LogP contribution is -2.03. The summed E-state index contributed by atoms with van der Waals surface area (Å²) in [5.41, 5.74) is 3.34. The molecule has 6 heteroatoms. The predicted octanol–water partition coefficient (Wildman–Crippen LogP) is 2.29. The molecule has 0 aliphatic rings. The minimum Gasteiger partial charge on any atom is -0.481 e. The Hall–Kier alpha value is -2.63. The molecule has 2 aromatic heterocycles. The van der Waals surface area contributed by atoms with Gasteiger partial charge in [-0.2, -0.15) is 5.10 Å². The molecule has 3 rings (SSSR count). The van der Waals surface area contributed by atoms with Gasteiger partial charge in [-0.3, -0.25) is 4.68 Å². The fourth-order valence-electron chi connectivity index (χ4n) is 2.30. The van der Waals surface area contributed by atoms with Gasteiger partial charge in [-0.1, -0.05) is 11.6 Å². The Bertz CT molecular complexity index is 781. The second-order valence-corrected chi connectivity index (χ2v) is 4.89. The van der Waals surface area contributed by atoms with Crippen molar-refractivity contribution >= 4 is 16.7 Å². The van der Waals surface area contributed by atoms with E-state index < -0.39 is 0 Å². The van der Waals surface area contributed by atoms with Crippen LogP contribution in [0.2, 0.25) is 0 Å². The summed E-state index contributed by atoms with van der Waals surface area (Å²) >= 11 is 0. The molecule has 0 saturated carbocycles. The SMILES string of the molecule is COc1cc(NCc2nn(C)c3ccc(C)cc23)ncn1. The topological polar surface area (TPSA) is 64.9 Å². The van der Waals surface area contributed by atoms with Crippen LogP contribution in [0.25, 0.3) is 10.9 Å². The normalized spacial score (nSPS) is 10.8. The number of ether oxygens (including phenoxy) is 1. The molecule has 0 fully saturated rings. The minimum atomic E-state index is 0.536. The molecule has 0 spiro atoms. The highest BCUT2D eigenvalue weighted by Gasteiger charge is 2.09. The van der Waals surface area contributed by atoms with Crippen LogP contribution in [0.1, 0.15) is 11.3 Å². The second-order valence-electron chi connectivity index (χ2n) is 4.89. The molecule has 0 bridgehead atoms. The molecule has 1 aromatic carbocycles. The molecule has 0 atom stereocenters. The van der Waals surface area contributed by atoms with Crippen molar-refractivity contribution in [3.8, 4) is 5.88 Å². The lowest BCUT2D eigenvalue weighted by atomic mass is 10.1. The average molecular weight is 283 g/mol. The molecule has 0 saturated heterocycles. The van der Waals surface area contributed by atoms with E-state index >= 15 is 0 Å². The summed E-state index contributed by atoms with van der Waals surface area (Å²) in [6, 6.07) is 8.10. The van der Waals surface area contributed by atoms with Gasteiger partial charge in [0.15, 0.2) is 0 Å². The average Bonchev–Trinajstić information content (AvgIpc) is 2.81. The highest BCUT2D eigenvalue weighted by atomic mass is 16.5. The van der Waals surface area contributed by atoms with Crippen LogP contribution in [0, 0.1) is 6.92 Å². The van der Waals surface area contributed by atoms with E-state index in [0.29, 0.717) is 18.2 Å². The minimum absolute atomic E-state index is 0.536. The summed E-state index contributed by atoms with van der Waals surface area (Å²) in [6.07, 6.45) is 1.47. The summed E-state index contributed by atoms with van der Waals surface area (Å²) in [5, 5.41) is 8.98. The molecule has 21 heavy (non-hydrogen) atoms. The maximum atomic E-state index is 5.09. The summed E-state index contributed by atoms with van der Waals surface area (Å²) in [7, 11) is 3.54. The lowest BCUT2D eigenvalue weighted by Gasteiger charge is -2.05. The molecule has 1 N–H and O–H groups in total. The van der Waals surface area contributed by atoms with Crippen molar-refractivity contribution in [3.05, 3.63) is 41.9 Å². The molecule has 0 aliphatic carbocycles. The molecular formula is C15H17N5O. The first-order chi connectivity index (χ1) is 10.2. The summed E-state index contributed by atoms with van der Waals surface area (Å²) in [6.45, 7) is 2.68. The van der Waals surface area contributed by atoms with Gasteiger partial charge in [0.2, 0.25) is 5.88 Å². The van der Waals surface area contributed by atoms with Gasteiger partial charge in [0.05, 0.1) is 24.9 Å². The van der Waals surface area contributed by atoms with Gasteiger partial charge in [-0.25, -0.2) is 9.97 Å². The van der Waals surface area contributed by atoms with Gasteiger partial charge < -0.3 is 10.1 Å². The first kappa shape index (κ1) is 13.4. The van der Waals surface area contributed by atoms with Crippen LogP contribution in [-0.2, 0) is 13.6 Å². The van der Waals surface area contributed by atoms with E-state index in [1.165, 1.54) is 11.9 Å². The number of hydrogen-bond acceptors (Lipinski definition) is 5. The third-order valence-electron chi connectivity index (χ3n) is 3.37. The Kier molecular flexibility index (Phi) is 3.43. The van der Waals surface area contributed by atoms with Crippen molar-refractivity contribution in [1.29, 1.82) is 0 Å². The Labute approximate surface area is 122 Å². The zero-order chi connectivity index (χ0) is 14.8. The number of aromatic nitrogens is 4. The number of fused-ring (bicyclic) bond motifs is 1. The number of hydrogen-bond donors (Lipinski definition) is 1. The van der Waals surface area contributed by atoms with E-state index in [1.54, 1.807) is 13.2 Å². The Morgan fingerprint density at radius 3 is 2.90 bits per heavy atom. The first-order valence-electron chi connectivity index (χ1n) is 6.69. The molecule has 0 radical (unpaired) electrons. The Morgan fingerprint density at radius 2 is 2.10 bits per heavy atom. The fraction of sp³-hybridized carbons (Fsp3) is 0.267. The summed E-state index contributed by atoms with van der Waals surface area (Å²) < 4.78 is 6.98. The van der Waals surface area contributed by atoms with Gasteiger partial charge >= 0.3 is 0 Å². The van der Waals surface area contributed by atoms with Crippen LogP contribution < -0.4 is 10.1 Å². The number of rotatable bonds is 4. The number of aryl methyl sites for hydroxylation is 2. The fourth-order valence-corrected chi connectivity index (χ4v) is 2.30. The van der Waals surface area contributed by atoms with Crippen molar-refractivity contribution in [3.63, 3.8) is 0 Å². The number of anilines is 1. The van der Waals surface area contributed by atoms with E-state index in [-0.39, 0.29) is 0 Å². The van der Waals surface area contributed by atoms with Crippen LogP contribution in [0.3, 0.4) is 0 Å². The van der Waals surface area contributed by atoms with Crippen molar-refractivity contribution < 1.29 is 4.74 Å². The van der Waals surface area contributed by atoms with E-state index in [0.717, 1.165) is 16.6 Å². The predicted molar refractivity (Wildman–Crippen MR) is 81.4 cm³/mol. The van der Waals surface area contributed by atoms with E-state index in [4.69, 9.17) is 4.74 Å². The number of nitrogens with one attached hydrogen (secondary N) is 1. The summed E-state index contributed by atoms with van der Waals surface area (Å²) in [4.78, 5) is 8.16. The quantitative estimate of drug-likeness (QED) is 0.796. The van der Waals surface area contributed by atoms with Crippen LogP contribution in [0.4, 0.5) is 5.82 Å². The van der Waals surface area contributed by atoms with E-state index in [1.807, 2.05) is 11.7 Å². The lowest BCUT2D eigenvalue weighted by molar-refractivity contribution is 0.397. The van der Waals surface area contributed by atoms with Gasteiger partial charge in [0.1, 0.15) is 12.1 Å². The highest BCUT2D eigenvalue weighted by Crippen LogP contribution is 2.20. The van der Waals surface area contributed by atoms with E-state index in [2.05, 4.69) is 45.5 Å². The molecule has 3 aromatic rings. The van der Waals surface area contributed by atoms with Gasteiger partial charge in [-0.05, 0) is 19.1 Å². The van der Waals surface area contributed by atoms with E-state index in [9.17, 15) is 0 Å². The first-order valence-corrected chi connectivity index (χ1v) is 6.69. The third kappa shape index (κ3) is 2.65. The van der Waals surface area contributed by atoms with Crippen molar-refractivity contribution in [2.24, 2.45) is 7.05 Å². The summed E-state index contributed by atoms with van der Waals surface area (Å²) in [5.74, 6) is 1.25. The van der Waals surface area contributed by atoms with Crippen molar-refractivity contribution in [1.82, 2.24) is 19.7 Å². The Balaban J connectivity index is 1.86. The van der Waals surface area contributed by atoms with Crippen LogP contribution >= 0.6 is 0 Å². The number of benzene rings is 1. The Morgan fingerprint density at radius 1 is 1.24 bits per heavy atom. The number of methoxy groups -OCH3 is 1. The molecule has 0 amide bonds. The molecule has 108 valence electrons. The molecule has 2 heterocycles. The van der Waals surface area contributed by atoms with Crippen LogP contribution in [0.15, 0.2) is 30.6 Å². The molecular weight excluding hydrogens is 266 g/mol. The van der Waals surface area contributed by atoms with Crippen LogP contribution in [0.5, 0.6) is 5.88 Å². The third-order valence-corrected chi connectivity index (χ3v) is 3.37. The molecule has 0 unspecified atom stereocenters. The highest BCUT2D eigenvalue weighted by molar-refractivity contribution is 5.82. The monoisotopic (exact) mass is 283 g/mol. The van der Waals surface area contributed by atoms with Crippen molar-refractivity contribution in [2.75, 3.05) is 12.4 Å². The standard InChI is InChI=1S/C15H17N5O/c1-10-4-5-13-11(6-10)12(19-20(13)2)8-16-14-7-15(21-3)18-9-17-14/h4-7,9H,8H2,1-3H3,(H,16,17,18). The zero-order valence-electron chi connectivity index (χ0n) is 12.3. The maximum Gasteiger partial charge on any atom is 0.218 e.